The molecule has 1 fully saturated rings. The Kier molecular flexibility index (Phi) is 6.21. The third-order valence-corrected chi connectivity index (χ3v) is 4.64. The molecule has 1 heterocycles. The van der Waals surface area contributed by atoms with Gasteiger partial charge in [0.15, 0.2) is 0 Å². The first-order chi connectivity index (χ1) is 10.5. The van der Waals surface area contributed by atoms with Crippen molar-refractivity contribution in [3.63, 3.8) is 0 Å². The first kappa shape index (κ1) is 19.0. The van der Waals surface area contributed by atoms with Gasteiger partial charge in [-0.3, -0.25) is 14.4 Å². The van der Waals surface area contributed by atoms with Gasteiger partial charge in [-0.05, 0) is 13.8 Å². The van der Waals surface area contributed by atoms with Crippen LogP contribution in [0.3, 0.4) is 0 Å². The van der Waals surface area contributed by atoms with Crippen LogP contribution in [0.2, 0.25) is 0 Å². The number of nitrogens with one attached hydrogen (secondary N) is 2. The summed E-state index contributed by atoms with van der Waals surface area (Å²) in [6.07, 6.45) is 0. The molecule has 1 saturated heterocycles. The number of urea groups is 1. The van der Waals surface area contributed by atoms with Gasteiger partial charge in [-0.1, -0.05) is 0 Å². The number of aliphatic carboxylic acids is 2. The third-order valence-electron chi connectivity index (χ3n) is 3.22. The molecule has 6 N–H and O–H groups in total. The largest absolute Gasteiger partial charge is 0.480 e. The molecule has 10 nitrogen and oxygen atoms in total. The molecule has 0 saturated carbocycles. The van der Waals surface area contributed by atoms with Crippen molar-refractivity contribution in [1.29, 1.82) is 0 Å². The fourth-order valence-electron chi connectivity index (χ4n) is 1.90. The van der Waals surface area contributed by atoms with Gasteiger partial charge in [0, 0.05) is 12.3 Å². The summed E-state index contributed by atoms with van der Waals surface area (Å²) in [7, 11) is 0. The molecule has 130 valence electrons. The normalized spacial score (nSPS) is 21.4. The molecule has 0 spiro atoms. The maximum absolute atomic E-state index is 12.3. The monoisotopic (exact) mass is 348 g/mol. The third kappa shape index (κ3) is 5.28. The average Bonchev–Trinajstić information content (AvgIpc) is 2.44. The number of rotatable bonds is 6. The van der Waals surface area contributed by atoms with Crippen molar-refractivity contribution in [2.75, 3.05) is 18.8 Å². The van der Waals surface area contributed by atoms with Gasteiger partial charge in [0.2, 0.25) is 5.91 Å². The fraction of sp³-hybridized carbons (Fsp3) is 0.667. The van der Waals surface area contributed by atoms with E-state index in [0.29, 0.717) is 0 Å². The molecular weight excluding hydrogens is 328 g/mol. The van der Waals surface area contributed by atoms with Crippen molar-refractivity contribution in [1.82, 2.24) is 15.5 Å². The predicted molar refractivity (Wildman–Crippen MR) is 81.8 cm³/mol. The van der Waals surface area contributed by atoms with Crippen LogP contribution in [0.1, 0.15) is 13.8 Å². The van der Waals surface area contributed by atoms with Crippen molar-refractivity contribution in [2.24, 2.45) is 5.73 Å². The molecule has 0 aliphatic carbocycles. The van der Waals surface area contributed by atoms with E-state index in [1.54, 1.807) is 13.8 Å². The van der Waals surface area contributed by atoms with E-state index in [0.717, 1.165) is 0 Å². The summed E-state index contributed by atoms with van der Waals surface area (Å²) in [5.74, 6) is -2.64. The first-order valence-corrected chi connectivity index (χ1v) is 7.73. The molecule has 1 aliphatic rings. The highest BCUT2D eigenvalue weighted by atomic mass is 32.2. The van der Waals surface area contributed by atoms with Crippen molar-refractivity contribution >= 4 is 35.6 Å². The topological polar surface area (TPSA) is 162 Å². The van der Waals surface area contributed by atoms with Gasteiger partial charge in [-0.2, -0.15) is 0 Å². The summed E-state index contributed by atoms with van der Waals surface area (Å²) in [5, 5.41) is 22.2. The van der Waals surface area contributed by atoms with Gasteiger partial charge in [0.25, 0.3) is 0 Å². The molecule has 23 heavy (non-hydrogen) atoms. The van der Waals surface area contributed by atoms with Crippen molar-refractivity contribution < 1.29 is 29.4 Å². The van der Waals surface area contributed by atoms with Gasteiger partial charge >= 0.3 is 18.0 Å². The SMILES string of the molecule is CC1(C)SCC(NC(=O)NCC(N)C(=O)O)C(=O)N1CC(=O)O. The van der Waals surface area contributed by atoms with Crippen molar-refractivity contribution in [3.05, 3.63) is 0 Å². The second kappa shape index (κ2) is 7.51. The molecule has 0 aromatic carbocycles. The molecule has 0 aromatic heterocycles. The van der Waals surface area contributed by atoms with Gasteiger partial charge in [-0.15, -0.1) is 11.8 Å². The molecule has 3 amide bonds. The van der Waals surface area contributed by atoms with Crippen LogP contribution in [0.15, 0.2) is 0 Å². The van der Waals surface area contributed by atoms with Crippen LogP contribution in [0.5, 0.6) is 0 Å². The van der Waals surface area contributed by atoms with Crippen LogP contribution < -0.4 is 16.4 Å². The quantitative estimate of drug-likeness (QED) is 0.386. The number of hydrogen-bond donors (Lipinski definition) is 5. The minimum absolute atomic E-state index is 0.278. The number of carboxylic acids is 2. The molecule has 2 unspecified atom stereocenters. The summed E-state index contributed by atoms with van der Waals surface area (Å²) in [5.41, 5.74) is 5.25. The van der Waals surface area contributed by atoms with E-state index in [4.69, 9.17) is 15.9 Å². The lowest BCUT2D eigenvalue weighted by atomic mass is 10.2. The van der Waals surface area contributed by atoms with Crippen molar-refractivity contribution in [2.45, 2.75) is 30.8 Å². The van der Waals surface area contributed by atoms with E-state index in [-0.39, 0.29) is 12.3 Å². The standard InChI is InChI=1S/C12H20N4O6S/c1-12(2)16(4-8(17)18)9(19)7(5-23-12)15-11(22)14-3-6(13)10(20)21/h6-7H,3-5,13H2,1-2H3,(H,17,18)(H,20,21)(H2,14,15,22). The highest BCUT2D eigenvalue weighted by Crippen LogP contribution is 2.34. The molecule has 0 radical (unpaired) electrons. The van der Waals surface area contributed by atoms with Crippen LogP contribution in [0.25, 0.3) is 0 Å². The Bertz CT molecular complexity index is 512. The summed E-state index contributed by atoms with van der Waals surface area (Å²) in [6, 6.07) is -2.89. The van der Waals surface area contributed by atoms with E-state index in [2.05, 4.69) is 10.6 Å². The smallest absolute Gasteiger partial charge is 0.323 e. The van der Waals surface area contributed by atoms with Crippen LogP contribution >= 0.6 is 11.8 Å². The number of thioether (sulfide) groups is 1. The van der Waals surface area contributed by atoms with E-state index >= 15 is 0 Å². The highest BCUT2D eigenvalue weighted by molar-refractivity contribution is 8.00. The lowest BCUT2D eigenvalue weighted by Gasteiger charge is -2.43. The van der Waals surface area contributed by atoms with Gasteiger partial charge in [0.1, 0.15) is 18.6 Å². The Hall–Kier alpha value is -2.01. The molecule has 11 heteroatoms. The Labute approximate surface area is 136 Å². The Balaban J connectivity index is 2.63. The number of carboxylic acid groups (broad SMARTS) is 2. The molecule has 0 bridgehead atoms. The lowest BCUT2D eigenvalue weighted by Crippen LogP contribution is -2.62. The molecule has 2 atom stereocenters. The molecule has 1 rings (SSSR count). The Morgan fingerprint density at radius 1 is 1.43 bits per heavy atom. The molecule has 0 aromatic rings. The summed E-state index contributed by atoms with van der Waals surface area (Å²) in [4.78, 5) is 46.0. The zero-order valence-corrected chi connectivity index (χ0v) is 13.6. The maximum Gasteiger partial charge on any atom is 0.323 e. The van der Waals surface area contributed by atoms with E-state index in [1.165, 1.54) is 16.7 Å². The lowest BCUT2D eigenvalue weighted by molar-refractivity contribution is -0.147. The highest BCUT2D eigenvalue weighted by Gasteiger charge is 2.42. The second-order valence-electron chi connectivity index (χ2n) is 5.43. The average molecular weight is 348 g/mol. The Morgan fingerprint density at radius 2 is 2.04 bits per heavy atom. The number of amides is 3. The second-order valence-corrected chi connectivity index (χ2v) is 7.05. The minimum Gasteiger partial charge on any atom is -0.480 e. The van der Waals surface area contributed by atoms with E-state index in [9.17, 15) is 19.2 Å². The summed E-state index contributed by atoms with van der Waals surface area (Å²) < 4.78 is 0. The van der Waals surface area contributed by atoms with Gasteiger partial charge < -0.3 is 31.5 Å². The fourth-order valence-corrected chi connectivity index (χ4v) is 3.01. The van der Waals surface area contributed by atoms with Crippen LogP contribution in [-0.2, 0) is 14.4 Å². The van der Waals surface area contributed by atoms with E-state index < -0.39 is 47.4 Å². The molecular formula is C12H20N4O6S. The van der Waals surface area contributed by atoms with Crippen molar-refractivity contribution in [3.8, 4) is 0 Å². The maximum atomic E-state index is 12.3. The number of hydrogen-bond acceptors (Lipinski definition) is 6. The van der Waals surface area contributed by atoms with Crippen LogP contribution in [0, 0.1) is 0 Å². The predicted octanol–water partition coefficient (Wildman–Crippen LogP) is -1.54. The van der Waals surface area contributed by atoms with E-state index in [1.807, 2.05) is 0 Å². The summed E-state index contributed by atoms with van der Waals surface area (Å²) >= 11 is 1.33. The van der Waals surface area contributed by atoms with Crippen LogP contribution in [-0.4, -0.2) is 74.8 Å². The first-order valence-electron chi connectivity index (χ1n) is 6.74. The zero-order chi connectivity index (χ0) is 17.8. The number of carbonyl (C=O) groups excluding carboxylic acids is 2. The number of carbonyl (C=O) groups is 4. The van der Waals surface area contributed by atoms with Crippen LogP contribution in [0.4, 0.5) is 4.79 Å². The minimum atomic E-state index is -1.26. The molecule has 1 aliphatic heterocycles. The Morgan fingerprint density at radius 3 is 2.57 bits per heavy atom. The van der Waals surface area contributed by atoms with Gasteiger partial charge in [-0.25, -0.2) is 4.79 Å². The zero-order valence-electron chi connectivity index (χ0n) is 12.7. The van der Waals surface area contributed by atoms with Gasteiger partial charge in [0.05, 0.1) is 4.87 Å². The summed E-state index contributed by atoms with van der Waals surface area (Å²) in [6.45, 7) is 2.68. The number of nitrogens with zero attached hydrogens (tertiary/aromatic N) is 1. The number of nitrogens with two attached hydrogens (primary N) is 1.